The van der Waals surface area contributed by atoms with Crippen LogP contribution in [0.5, 0.6) is 0 Å². The maximum atomic E-state index is 13.7. The molecule has 0 N–H and O–H groups in total. The van der Waals surface area contributed by atoms with E-state index in [1.165, 1.54) is 19.1 Å². The lowest BCUT2D eigenvalue weighted by Gasteiger charge is -2.40. The van der Waals surface area contributed by atoms with Crippen LogP contribution in [0.1, 0.15) is 18.9 Å². The fourth-order valence-corrected chi connectivity index (χ4v) is 3.57. The first-order valence-electron chi connectivity index (χ1n) is 6.45. The molecule has 8 heteroatoms. The number of nitrogens with zero attached hydrogens (tertiary/aromatic N) is 1. The Morgan fingerprint density at radius 1 is 1.29 bits per heavy atom. The van der Waals surface area contributed by atoms with Gasteiger partial charge < -0.3 is 4.43 Å². The van der Waals surface area contributed by atoms with Gasteiger partial charge in [-0.15, -0.1) is 0 Å². The monoisotopic (exact) mass is 321 g/mol. The third kappa shape index (κ3) is 3.82. The largest absolute Gasteiger partial charge is 0.420 e. The summed E-state index contributed by atoms with van der Waals surface area (Å²) in [6.07, 6.45) is -5.00. The molecule has 1 atom stereocenters. The van der Waals surface area contributed by atoms with E-state index >= 15 is 0 Å². The molecule has 0 aliphatic carbocycles. The van der Waals surface area contributed by atoms with Crippen LogP contribution >= 0.6 is 0 Å². The van der Waals surface area contributed by atoms with Crippen LogP contribution in [-0.2, 0) is 10.0 Å². The molecule has 1 aromatic carbocycles. The number of benzene rings is 1. The smallest absolute Gasteiger partial charge is 0.400 e. The Morgan fingerprint density at radius 3 is 2.24 bits per heavy atom. The molecule has 4 nitrogen and oxygen atoms in total. The molecule has 0 aliphatic rings. The van der Waals surface area contributed by atoms with Gasteiger partial charge in [-0.3, -0.25) is 10.1 Å². The van der Waals surface area contributed by atoms with Crippen LogP contribution in [0.25, 0.3) is 0 Å². The van der Waals surface area contributed by atoms with Crippen LogP contribution in [0, 0.1) is 10.1 Å². The molecule has 0 radical (unpaired) electrons. The molecular formula is C13H18F3NO3Si. The van der Waals surface area contributed by atoms with Crippen LogP contribution in [0.15, 0.2) is 24.3 Å². The average molecular weight is 321 g/mol. The quantitative estimate of drug-likeness (QED) is 0.452. The normalized spacial score (nSPS) is 15.6. The number of hydrogen-bond acceptors (Lipinski definition) is 3. The molecule has 0 aromatic heterocycles. The number of nitro groups is 1. The van der Waals surface area contributed by atoms with E-state index in [9.17, 15) is 23.3 Å². The Kier molecular flexibility index (Phi) is 4.84. The summed E-state index contributed by atoms with van der Waals surface area (Å²) < 4.78 is 46.4. The number of hydrogen-bond donors (Lipinski definition) is 0. The highest BCUT2D eigenvalue weighted by atomic mass is 28.4. The van der Waals surface area contributed by atoms with Gasteiger partial charge in [-0.25, -0.2) is 0 Å². The SMILES string of the molecule is CC[C@](O[Si](C)(C)C)(c1cccc([N+](=O)[O-])c1)C(F)(F)F. The second kappa shape index (κ2) is 5.76. The van der Waals surface area contributed by atoms with Crippen molar-refractivity contribution >= 4 is 14.0 Å². The number of nitro benzene ring substituents is 1. The van der Waals surface area contributed by atoms with Crippen LogP contribution in [0.2, 0.25) is 19.6 Å². The summed E-state index contributed by atoms with van der Waals surface area (Å²) >= 11 is 0. The zero-order chi connectivity index (χ0) is 16.5. The standard InChI is InChI=1S/C13H18F3NO3Si/c1-5-12(13(14,15)16,20-21(2,3)4)10-7-6-8-11(9-10)17(18)19/h6-9H,5H2,1-4H3/t12-/m0/s1. The van der Waals surface area contributed by atoms with Gasteiger partial charge >= 0.3 is 6.18 Å². The lowest BCUT2D eigenvalue weighted by Crippen LogP contribution is -2.50. The van der Waals surface area contributed by atoms with Gasteiger partial charge in [0, 0.05) is 12.1 Å². The minimum absolute atomic E-state index is 0.228. The highest BCUT2D eigenvalue weighted by Crippen LogP contribution is 2.47. The Morgan fingerprint density at radius 2 is 1.86 bits per heavy atom. The minimum Gasteiger partial charge on any atom is -0.400 e. The lowest BCUT2D eigenvalue weighted by molar-refractivity contribution is -0.385. The summed E-state index contributed by atoms with van der Waals surface area (Å²) in [5, 5.41) is 10.8. The van der Waals surface area contributed by atoms with E-state index in [4.69, 9.17) is 4.43 Å². The van der Waals surface area contributed by atoms with E-state index in [1.54, 1.807) is 19.6 Å². The summed E-state index contributed by atoms with van der Waals surface area (Å²) in [4.78, 5) is 10.1. The second-order valence-corrected chi connectivity index (χ2v) is 10.1. The van der Waals surface area contributed by atoms with Gasteiger partial charge in [-0.1, -0.05) is 19.1 Å². The molecule has 21 heavy (non-hydrogen) atoms. The zero-order valence-electron chi connectivity index (χ0n) is 12.3. The average Bonchev–Trinajstić information content (AvgIpc) is 2.33. The molecule has 0 heterocycles. The number of non-ortho nitro benzene ring substituents is 1. The molecule has 0 saturated carbocycles. The van der Waals surface area contributed by atoms with Crippen molar-refractivity contribution < 1.29 is 22.5 Å². The molecule has 1 rings (SSSR count). The van der Waals surface area contributed by atoms with Crippen molar-refractivity contribution in [2.45, 2.75) is 44.8 Å². The van der Waals surface area contributed by atoms with Crippen molar-refractivity contribution in [3.8, 4) is 0 Å². The topological polar surface area (TPSA) is 52.4 Å². The van der Waals surface area contributed by atoms with Crippen molar-refractivity contribution in [2.75, 3.05) is 0 Å². The van der Waals surface area contributed by atoms with E-state index in [1.807, 2.05) is 0 Å². The fourth-order valence-electron chi connectivity index (χ4n) is 2.15. The Labute approximate surface area is 122 Å². The molecule has 0 amide bonds. The fraction of sp³-hybridized carbons (Fsp3) is 0.538. The van der Waals surface area contributed by atoms with Gasteiger partial charge in [-0.05, 0) is 31.6 Å². The van der Waals surface area contributed by atoms with Crippen LogP contribution in [0.3, 0.4) is 0 Å². The summed E-state index contributed by atoms with van der Waals surface area (Å²) in [6, 6.07) is 4.58. The highest BCUT2D eigenvalue weighted by molar-refractivity contribution is 6.69. The van der Waals surface area contributed by atoms with Crippen molar-refractivity contribution in [1.29, 1.82) is 0 Å². The summed E-state index contributed by atoms with van der Waals surface area (Å²) in [6.45, 7) is 6.33. The van der Waals surface area contributed by atoms with Crippen LogP contribution in [-0.4, -0.2) is 19.4 Å². The van der Waals surface area contributed by atoms with Gasteiger partial charge in [0.15, 0.2) is 13.9 Å². The Balaban J connectivity index is 3.50. The predicted octanol–water partition coefficient (Wildman–Crippen LogP) is 4.61. The van der Waals surface area contributed by atoms with Crippen molar-refractivity contribution in [1.82, 2.24) is 0 Å². The second-order valence-electron chi connectivity index (χ2n) is 5.70. The number of alkyl halides is 3. The molecule has 0 aliphatic heterocycles. The van der Waals surface area contributed by atoms with E-state index in [0.29, 0.717) is 0 Å². The van der Waals surface area contributed by atoms with Gasteiger partial charge in [0.2, 0.25) is 0 Å². The number of halogens is 3. The first kappa shape index (κ1) is 17.6. The first-order valence-corrected chi connectivity index (χ1v) is 9.85. The Bertz CT molecular complexity index is 528. The van der Waals surface area contributed by atoms with Crippen LogP contribution < -0.4 is 0 Å². The third-order valence-corrected chi connectivity index (χ3v) is 3.92. The van der Waals surface area contributed by atoms with Crippen LogP contribution in [0.4, 0.5) is 18.9 Å². The van der Waals surface area contributed by atoms with Gasteiger partial charge in [-0.2, -0.15) is 13.2 Å². The molecular weight excluding hydrogens is 303 g/mol. The molecule has 0 unspecified atom stereocenters. The van der Waals surface area contributed by atoms with E-state index in [2.05, 4.69) is 0 Å². The van der Waals surface area contributed by atoms with Gasteiger partial charge in [0.25, 0.3) is 5.69 Å². The summed E-state index contributed by atoms with van der Waals surface area (Å²) in [5.41, 5.74) is -3.12. The van der Waals surface area contributed by atoms with E-state index in [-0.39, 0.29) is 17.7 Å². The van der Waals surface area contributed by atoms with Crippen molar-refractivity contribution in [3.63, 3.8) is 0 Å². The van der Waals surface area contributed by atoms with E-state index < -0.39 is 25.0 Å². The number of rotatable bonds is 5. The molecule has 0 spiro atoms. The molecule has 1 aromatic rings. The van der Waals surface area contributed by atoms with E-state index in [0.717, 1.165) is 12.1 Å². The summed E-state index contributed by atoms with van der Waals surface area (Å²) in [5.74, 6) is 0. The highest BCUT2D eigenvalue weighted by Gasteiger charge is 2.57. The molecule has 0 fully saturated rings. The first-order chi connectivity index (χ1) is 9.43. The van der Waals surface area contributed by atoms with Crippen molar-refractivity contribution in [3.05, 3.63) is 39.9 Å². The molecule has 0 saturated heterocycles. The summed E-state index contributed by atoms with van der Waals surface area (Å²) in [7, 11) is -2.54. The van der Waals surface area contributed by atoms with Crippen molar-refractivity contribution in [2.24, 2.45) is 0 Å². The maximum absolute atomic E-state index is 13.7. The predicted molar refractivity (Wildman–Crippen MR) is 75.6 cm³/mol. The maximum Gasteiger partial charge on any atom is 0.420 e. The van der Waals surface area contributed by atoms with Gasteiger partial charge in [0.05, 0.1) is 4.92 Å². The lowest BCUT2D eigenvalue weighted by atomic mass is 9.90. The minimum atomic E-state index is -4.66. The Hall–Kier alpha value is -1.41. The third-order valence-electron chi connectivity index (χ3n) is 2.96. The molecule has 0 bridgehead atoms. The molecule has 118 valence electrons. The van der Waals surface area contributed by atoms with Gasteiger partial charge in [0.1, 0.15) is 0 Å². The zero-order valence-corrected chi connectivity index (χ0v) is 13.3.